The Bertz CT molecular complexity index is 1070. The van der Waals surface area contributed by atoms with Gasteiger partial charge in [-0.25, -0.2) is 4.39 Å². The fourth-order valence-corrected chi connectivity index (χ4v) is 4.74. The number of nitrogens with zero attached hydrogens (tertiary/aromatic N) is 1. The van der Waals surface area contributed by atoms with Crippen molar-refractivity contribution in [3.05, 3.63) is 63.9 Å². The highest BCUT2D eigenvalue weighted by atomic mass is 35.5. The van der Waals surface area contributed by atoms with E-state index < -0.39 is 18.3 Å². The second-order valence-corrected chi connectivity index (χ2v) is 9.28. The molecule has 2 N–H and O–H groups in total. The Hall–Kier alpha value is -2.55. The molecule has 1 aliphatic heterocycles. The molecule has 1 aliphatic rings. The molecule has 3 rings (SSSR count). The number of benzene rings is 2. The normalized spacial score (nSPS) is 14.5. The van der Waals surface area contributed by atoms with Gasteiger partial charge in [0.1, 0.15) is 12.2 Å². The van der Waals surface area contributed by atoms with Crippen LogP contribution >= 0.6 is 35.0 Å². The molecule has 1 heterocycles. The molecule has 0 spiro atoms. The molecule has 0 aliphatic carbocycles. The van der Waals surface area contributed by atoms with Crippen LogP contribution in [0.25, 0.3) is 6.08 Å². The van der Waals surface area contributed by atoms with Crippen LogP contribution in [0.2, 0.25) is 10.0 Å². The van der Waals surface area contributed by atoms with Gasteiger partial charge in [0.25, 0.3) is 0 Å². The van der Waals surface area contributed by atoms with Gasteiger partial charge in [-0.05, 0) is 54.8 Å². The molecule has 0 aromatic heterocycles. The number of carbonyl (C=O) groups is 3. The number of nitrogens with one attached hydrogen (secondary N) is 1. The summed E-state index contributed by atoms with van der Waals surface area (Å²) in [6.45, 7) is 0.895. The van der Waals surface area contributed by atoms with Crippen molar-refractivity contribution in [1.29, 1.82) is 0 Å². The maximum absolute atomic E-state index is 13.1. The molecule has 2 aromatic carbocycles. The van der Waals surface area contributed by atoms with Gasteiger partial charge in [-0.1, -0.05) is 41.0 Å². The number of aliphatic carboxylic acids is 1. The second kappa shape index (κ2) is 11.5. The smallest absolute Gasteiger partial charge is 0.312 e. The summed E-state index contributed by atoms with van der Waals surface area (Å²) in [4.78, 5) is 37.9. The first-order valence-corrected chi connectivity index (χ1v) is 11.7. The Morgan fingerprint density at radius 3 is 2.39 bits per heavy atom. The number of amides is 2. The number of hydrogen-bond donors (Lipinski definition) is 2. The van der Waals surface area contributed by atoms with E-state index in [2.05, 4.69) is 5.32 Å². The monoisotopic (exact) mass is 510 g/mol. The van der Waals surface area contributed by atoms with Gasteiger partial charge >= 0.3 is 5.97 Å². The number of carboxylic acids is 1. The predicted octanol–water partition coefficient (Wildman–Crippen LogP) is 4.88. The quantitative estimate of drug-likeness (QED) is 0.409. The van der Waals surface area contributed by atoms with Crippen LogP contribution in [0.3, 0.4) is 0 Å². The number of halogens is 3. The highest BCUT2D eigenvalue weighted by molar-refractivity contribution is 7.99. The number of likely N-dealkylation sites (tertiary alicyclic amines) is 1. The van der Waals surface area contributed by atoms with Crippen molar-refractivity contribution in [2.24, 2.45) is 0 Å². The Balaban J connectivity index is 1.56. The molecule has 0 saturated carbocycles. The Kier molecular flexibility index (Phi) is 8.77. The van der Waals surface area contributed by atoms with E-state index in [4.69, 9.17) is 28.3 Å². The first-order chi connectivity index (χ1) is 15.7. The highest BCUT2D eigenvalue weighted by Gasteiger charge is 2.23. The van der Waals surface area contributed by atoms with E-state index in [0.717, 1.165) is 4.90 Å². The van der Waals surface area contributed by atoms with Crippen molar-refractivity contribution in [3.8, 4) is 0 Å². The van der Waals surface area contributed by atoms with Crippen LogP contribution in [0, 0.1) is 5.82 Å². The molecule has 6 nitrogen and oxygen atoms in total. The first kappa shape index (κ1) is 25.1. The average molecular weight is 511 g/mol. The number of rotatable bonds is 7. The molecule has 0 radical (unpaired) electrons. The van der Waals surface area contributed by atoms with Crippen molar-refractivity contribution in [1.82, 2.24) is 10.2 Å². The molecule has 33 heavy (non-hydrogen) atoms. The number of carbonyl (C=O) groups excluding carboxylic acids is 2. The van der Waals surface area contributed by atoms with Gasteiger partial charge in [0.05, 0.1) is 10.0 Å². The van der Waals surface area contributed by atoms with Gasteiger partial charge in [-0.3, -0.25) is 14.4 Å². The summed E-state index contributed by atoms with van der Waals surface area (Å²) in [7, 11) is 0. The molecular formula is C23H21Cl2FN2O4S. The fourth-order valence-electron chi connectivity index (χ4n) is 3.31. The first-order valence-electron chi connectivity index (χ1n) is 10.1. The van der Waals surface area contributed by atoms with Gasteiger partial charge < -0.3 is 15.3 Å². The second-order valence-electron chi connectivity index (χ2n) is 7.41. The zero-order valence-electron chi connectivity index (χ0n) is 17.4. The minimum Gasteiger partial charge on any atom is -0.481 e. The molecule has 1 saturated heterocycles. The molecule has 174 valence electrons. The van der Waals surface area contributed by atoms with Crippen molar-refractivity contribution in [2.45, 2.75) is 35.1 Å². The topological polar surface area (TPSA) is 86.7 Å². The lowest BCUT2D eigenvalue weighted by Gasteiger charge is -2.31. The van der Waals surface area contributed by atoms with E-state index in [1.807, 2.05) is 0 Å². The van der Waals surface area contributed by atoms with Crippen molar-refractivity contribution in [2.75, 3.05) is 13.1 Å². The van der Waals surface area contributed by atoms with Crippen LogP contribution in [0.1, 0.15) is 24.8 Å². The SMILES string of the molecule is O=C(O)CC(=O)NC1CCN(C(=O)C=Cc2ccc(Sc3ccc(F)cc3)c(Cl)c2Cl)CC1. The lowest BCUT2D eigenvalue weighted by Crippen LogP contribution is -2.46. The Morgan fingerprint density at radius 2 is 1.76 bits per heavy atom. The van der Waals surface area contributed by atoms with Crippen LogP contribution in [-0.2, 0) is 14.4 Å². The van der Waals surface area contributed by atoms with Gasteiger partial charge in [0, 0.05) is 35.0 Å². The van der Waals surface area contributed by atoms with E-state index in [1.165, 1.54) is 30.0 Å². The summed E-state index contributed by atoms with van der Waals surface area (Å²) >= 11 is 14.2. The van der Waals surface area contributed by atoms with Crippen molar-refractivity contribution < 1.29 is 23.9 Å². The minimum absolute atomic E-state index is 0.149. The predicted molar refractivity (Wildman–Crippen MR) is 126 cm³/mol. The maximum Gasteiger partial charge on any atom is 0.312 e. The van der Waals surface area contributed by atoms with Crippen molar-refractivity contribution in [3.63, 3.8) is 0 Å². The van der Waals surface area contributed by atoms with Gasteiger partial charge in [-0.15, -0.1) is 0 Å². The number of hydrogen-bond acceptors (Lipinski definition) is 4. The van der Waals surface area contributed by atoms with E-state index in [0.29, 0.717) is 46.4 Å². The fraction of sp³-hybridized carbons (Fsp3) is 0.261. The summed E-state index contributed by atoms with van der Waals surface area (Å²) in [5.74, 6) is -2.21. The molecular weight excluding hydrogens is 490 g/mol. The summed E-state index contributed by atoms with van der Waals surface area (Å²) in [5, 5.41) is 12.0. The molecule has 0 unspecified atom stereocenters. The van der Waals surface area contributed by atoms with Gasteiger partial charge in [0.2, 0.25) is 11.8 Å². The van der Waals surface area contributed by atoms with E-state index in [-0.39, 0.29) is 17.8 Å². The van der Waals surface area contributed by atoms with Crippen molar-refractivity contribution >= 4 is 58.8 Å². The molecule has 1 fully saturated rings. The third-order valence-electron chi connectivity index (χ3n) is 5.01. The Labute approximate surface area is 204 Å². The van der Waals surface area contributed by atoms with Crippen LogP contribution in [0.4, 0.5) is 4.39 Å². The minimum atomic E-state index is -1.17. The van der Waals surface area contributed by atoms with Crippen LogP contribution in [-0.4, -0.2) is 46.9 Å². The third kappa shape index (κ3) is 7.22. The summed E-state index contributed by atoms with van der Waals surface area (Å²) < 4.78 is 13.1. The molecule has 2 aromatic rings. The third-order valence-corrected chi connectivity index (χ3v) is 7.08. The van der Waals surface area contributed by atoms with E-state index >= 15 is 0 Å². The molecule has 0 atom stereocenters. The standard InChI is InChI=1S/C23H21Cl2FN2O4S/c24-22-14(1-7-18(23(22)25)33-17-5-3-15(26)4-6-17)2-8-20(30)28-11-9-16(10-12-28)27-19(29)13-21(31)32/h1-8,16H,9-13H2,(H,27,29)(H,31,32). The highest BCUT2D eigenvalue weighted by Crippen LogP contribution is 2.39. The average Bonchev–Trinajstić information content (AvgIpc) is 2.77. The summed E-state index contributed by atoms with van der Waals surface area (Å²) in [6, 6.07) is 9.44. The number of piperidine rings is 1. The van der Waals surface area contributed by atoms with E-state index in [1.54, 1.807) is 35.2 Å². The summed E-state index contributed by atoms with van der Waals surface area (Å²) in [5.41, 5.74) is 0.592. The maximum atomic E-state index is 13.1. The molecule has 2 amide bonds. The van der Waals surface area contributed by atoms with Gasteiger partial charge in [0.15, 0.2) is 0 Å². The van der Waals surface area contributed by atoms with Crippen LogP contribution in [0.15, 0.2) is 52.3 Å². The van der Waals surface area contributed by atoms with Gasteiger partial charge in [-0.2, -0.15) is 0 Å². The lowest BCUT2D eigenvalue weighted by atomic mass is 10.0. The summed E-state index contributed by atoms with van der Waals surface area (Å²) in [6.07, 6.45) is 3.56. The van der Waals surface area contributed by atoms with E-state index in [9.17, 15) is 18.8 Å². The zero-order valence-corrected chi connectivity index (χ0v) is 19.7. The lowest BCUT2D eigenvalue weighted by molar-refractivity contribution is -0.140. The number of carboxylic acid groups (broad SMARTS) is 1. The Morgan fingerprint density at radius 1 is 1.09 bits per heavy atom. The van der Waals surface area contributed by atoms with Crippen LogP contribution in [0.5, 0.6) is 0 Å². The largest absolute Gasteiger partial charge is 0.481 e. The molecule has 10 heteroatoms. The zero-order chi connectivity index (χ0) is 24.0. The van der Waals surface area contributed by atoms with Crippen LogP contribution < -0.4 is 5.32 Å². The molecule has 0 bridgehead atoms.